The molecular formula is C65H110O6. The summed E-state index contributed by atoms with van der Waals surface area (Å²) >= 11 is 0. The molecule has 0 aliphatic carbocycles. The summed E-state index contributed by atoms with van der Waals surface area (Å²) in [5.41, 5.74) is 0. The lowest BCUT2D eigenvalue weighted by atomic mass is 10.0. The highest BCUT2D eigenvalue weighted by atomic mass is 16.6. The van der Waals surface area contributed by atoms with Crippen LogP contribution in [0.25, 0.3) is 0 Å². The molecule has 6 nitrogen and oxygen atoms in total. The maximum Gasteiger partial charge on any atom is 0.306 e. The Morgan fingerprint density at radius 1 is 0.296 bits per heavy atom. The Bertz CT molecular complexity index is 1410. The van der Waals surface area contributed by atoms with E-state index in [1.807, 2.05) is 0 Å². The summed E-state index contributed by atoms with van der Waals surface area (Å²) in [6.07, 6.45) is 78.7. The molecule has 0 amide bonds. The lowest BCUT2D eigenvalue weighted by Crippen LogP contribution is -2.30. The third kappa shape index (κ3) is 57.1. The van der Waals surface area contributed by atoms with Gasteiger partial charge in [0.25, 0.3) is 0 Å². The molecular weight excluding hydrogens is 877 g/mol. The van der Waals surface area contributed by atoms with Crippen molar-refractivity contribution in [3.05, 3.63) is 97.2 Å². The Balaban J connectivity index is 4.02. The van der Waals surface area contributed by atoms with E-state index in [-0.39, 0.29) is 31.1 Å². The summed E-state index contributed by atoms with van der Waals surface area (Å²) in [6.45, 7) is 6.46. The van der Waals surface area contributed by atoms with E-state index in [2.05, 4.69) is 118 Å². The zero-order valence-electron chi connectivity index (χ0n) is 46.5. The van der Waals surface area contributed by atoms with Gasteiger partial charge in [-0.25, -0.2) is 0 Å². The predicted molar refractivity (Wildman–Crippen MR) is 307 cm³/mol. The van der Waals surface area contributed by atoms with E-state index in [0.717, 1.165) is 109 Å². The molecule has 1 unspecified atom stereocenters. The summed E-state index contributed by atoms with van der Waals surface area (Å²) in [7, 11) is 0. The van der Waals surface area contributed by atoms with Crippen molar-refractivity contribution >= 4 is 17.9 Å². The lowest BCUT2D eigenvalue weighted by molar-refractivity contribution is -0.167. The van der Waals surface area contributed by atoms with Crippen molar-refractivity contribution < 1.29 is 28.6 Å². The van der Waals surface area contributed by atoms with Gasteiger partial charge in [0.1, 0.15) is 13.2 Å². The third-order valence-corrected chi connectivity index (χ3v) is 12.6. The van der Waals surface area contributed by atoms with Crippen LogP contribution in [-0.2, 0) is 28.6 Å². The zero-order chi connectivity index (χ0) is 51.4. The maximum absolute atomic E-state index is 12.7. The second kappa shape index (κ2) is 58.9. The minimum atomic E-state index is -0.772. The smallest absolute Gasteiger partial charge is 0.306 e. The van der Waals surface area contributed by atoms with Gasteiger partial charge in [0.05, 0.1) is 0 Å². The minimum Gasteiger partial charge on any atom is -0.462 e. The number of carbonyl (C=O) groups is 3. The van der Waals surface area contributed by atoms with Gasteiger partial charge in [0.2, 0.25) is 0 Å². The molecule has 406 valence electrons. The number of carbonyl (C=O) groups excluding carboxylic acids is 3. The summed E-state index contributed by atoms with van der Waals surface area (Å²) in [6, 6.07) is 0. The Morgan fingerprint density at radius 3 is 0.859 bits per heavy atom. The average Bonchev–Trinajstić information content (AvgIpc) is 3.37. The quantitative estimate of drug-likeness (QED) is 0.0261. The Labute approximate surface area is 438 Å². The molecule has 0 aromatic rings. The standard InChI is InChI=1S/C65H110O6/c1-4-7-10-13-16-18-20-22-23-24-25-26-27-28-29-30-31-32-33-34-35-36-37-38-39-40-41-42-43-44-46-47-49-52-55-58-64(67)70-61-62(60-69-63(66)57-54-51-15-12-9-6-3)71-65(68)59-56-53-50-48-45-21-19-17-14-11-8-5-2/h7,10,16,18,22-23,25-26,28-29,31-32,34-35,37-38,62H,4-6,8-9,11-15,17,19-21,24,27,30,33,36,39-61H2,1-3H3/b10-7-,18-16-,23-22-,26-25-,29-28-,32-31-,35-34-,38-37-. The van der Waals surface area contributed by atoms with Gasteiger partial charge in [-0.3, -0.25) is 14.4 Å². The van der Waals surface area contributed by atoms with E-state index >= 15 is 0 Å². The van der Waals surface area contributed by atoms with Crippen LogP contribution in [0.15, 0.2) is 97.2 Å². The normalized spacial score (nSPS) is 12.8. The largest absolute Gasteiger partial charge is 0.462 e. The molecule has 0 bridgehead atoms. The predicted octanol–water partition coefficient (Wildman–Crippen LogP) is 20.1. The van der Waals surface area contributed by atoms with Gasteiger partial charge in [0, 0.05) is 19.3 Å². The van der Waals surface area contributed by atoms with Crippen LogP contribution in [-0.4, -0.2) is 37.2 Å². The van der Waals surface area contributed by atoms with Crippen LogP contribution in [0.3, 0.4) is 0 Å². The van der Waals surface area contributed by atoms with Crippen LogP contribution in [0.4, 0.5) is 0 Å². The second-order valence-corrected chi connectivity index (χ2v) is 19.5. The molecule has 0 rings (SSSR count). The maximum atomic E-state index is 12.7. The molecule has 1 atom stereocenters. The lowest BCUT2D eigenvalue weighted by Gasteiger charge is -2.18. The van der Waals surface area contributed by atoms with Crippen molar-refractivity contribution in [2.45, 2.75) is 284 Å². The van der Waals surface area contributed by atoms with Gasteiger partial charge >= 0.3 is 17.9 Å². The molecule has 0 aliphatic heterocycles. The van der Waals surface area contributed by atoms with Gasteiger partial charge in [-0.05, 0) is 83.5 Å². The molecule has 0 spiro atoms. The molecule has 0 heterocycles. The number of esters is 3. The zero-order valence-corrected chi connectivity index (χ0v) is 46.5. The van der Waals surface area contributed by atoms with Crippen molar-refractivity contribution in [2.24, 2.45) is 0 Å². The number of allylic oxidation sites excluding steroid dienone is 16. The van der Waals surface area contributed by atoms with Crippen LogP contribution in [0.2, 0.25) is 0 Å². The number of unbranched alkanes of at least 4 members (excludes halogenated alkanes) is 26. The van der Waals surface area contributed by atoms with Crippen LogP contribution in [0, 0.1) is 0 Å². The number of rotatable bonds is 53. The topological polar surface area (TPSA) is 78.9 Å². The number of hydrogen-bond donors (Lipinski definition) is 0. The fourth-order valence-corrected chi connectivity index (χ4v) is 8.16. The Morgan fingerprint density at radius 2 is 0.549 bits per heavy atom. The first kappa shape index (κ1) is 67.3. The van der Waals surface area contributed by atoms with Crippen LogP contribution >= 0.6 is 0 Å². The molecule has 0 saturated heterocycles. The Hall–Kier alpha value is -3.67. The first-order chi connectivity index (χ1) is 35.0. The van der Waals surface area contributed by atoms with Gasteiger partial charge < -0.3 is 14.2 Å². The van der Waals surface area contributed by atoms with Crippen molar-refractivity contribution in [3.8, 4) is 0 Å². The van der Waals surface area contributed by atoms with Crippen LogP contribution in [0.1, 0.15) is 278 Å². The van der Waals surface area contributed by atoms with Crippen LogP contribution in [0.5, 0.6) is 0 Å². The van der Waals surface area contributed by atoms with Gasteiger partial charge in [-0.15, -0.1) is 0 Å². The summed E-state index contributed by atoms with van der Waals surface area (Å²) in [5.74, 6) is -0.885. The van der Waals surface area contributed by atoms with Crippen LogP contribution < -0.4 is 0 Å². The molecule has 0 saturated carbocycles. The van der Waals surface area contributed by atoms with E-state index < -0.39 is 6.10 Å². The third-order valence-electron chi connectivity index (χ3n) is 12.6. The minimum absolute atomic E-state index is 0.0751. The SMILES string of the molecule is CC/C=C\C/C=C\C/C=C\C/C=C\C/C=C\C/C=C\C/C=C\C/C=C\CCCCCCCCCCCCC(=O)OCC(COC(=O)CCCCCCCC)OC(=O)CCCCCCCCCCCCCC. The number of ether oxygens (including phenoxy) is 3. The molecule has 0 aromatic carbocycles. The second-order valence-electron chi connectivity index (χ2n) is 19.5. The molecule has 0 N–H and O–H groups in total. The first-order valence-corrected chi connectivity index (χ1v) is 29.7. The summed E-state index contributed by atoms with van der Waals surface area (Å²) in [4.78, 5) is 37.8. The fraction of sp³-hybridized carbons (Fsp3) is 0.708. The van der Waals surface area contributed by atoms with Gasteiger partial charge in [-0.2, -0.15) is 0 Å². The van der Waals surface area contributed by atoms with Gasteiger partial charge in [-0.1, -0.05) is 272 Å². The van der Waals surface area contributed by atoms with Gasteiger partial charge in [0.15, 0.2) is 6.10 Å². The summed E-state index contributed by atoms with van der Waals surface area (Å²) < 4.78 is 16.7. The molecule has 0 aromatic heterocycles. The van der Waals surface area contributed by atoms with E-state index in [4.69, 9.17) is 14.2 Å². The Kier molecular flexibility index (Phi) is 55.9. The highest BCUT2D eigenvalue weighted by molar-refractivity contribution is 5.71. The van der Waals surface area contributed by atoms with E-state index in [9.17, 15) is 14.4 Å². The number of hydrogen-bond acceptors (Lipinski definition) is 6. The highest BCUT2D eigenvalue weighted by Crippen LogP contribution is 2.15. The van der Waals surface area contributed by atoms with Crippen molar-refractivity contribution in [1.82, 2.24) is 0 Å². The van der Waals surface area contributed by atoms with E-state index in [1.165, 1.54) is 128 Å². The van der Waals surface area contributed by atoms with Crippen molar-refractivity contribution in [2.75, 3.05) is 13.2 Å². The molecule has 6 heteroatoms. The van der Waals surface area contributed by atoms with Crippen molar-refractivity contribution in [3.63, 3.8) is 0 Å². The fourth-order valence-electron chi connectivity index (χ4n) is 8.16. The monoisotopic (exact) mass is 987 g/mol. The highest BCUT2D eigenvalue weighted by Gasteiger charge is 2.19. The van der Waals surface area contributed by atoms with Crippen molar-refractivity contribution in [1.29, 1.82) is 0 Å². The summed E-state index contributed by atoms with van der Waals surface area (Å²) in [5, 5.41) is 0. The molecule has 71 heavy (non-hydrogen) atoms. The van der Waals surface area contributed by atoms with E-state index in [1.54, 1.807) is 0 Å². The van der Waals surface area contributed by atoms with E-state index in [0.29, 0.717) is 19.3 Å². The molecule has 0 fully saturated rings. The molecule has 0 aliphatic rings. The first-order valence-electron chi connectivity index (χ1n) is 29.7. The molecule has 0 radical (unpaired) electrons. The average molecular weight is 988 g/mol.